The largest absolute Gasteiger partial charge is 0.417 e. The summed E-state index contributed by atoms with van der Waals surface area (Å²) < 4.78 is 38.6. The minimum absolute atomic E-state index is 0.194. The van der Waals surface area contributed by atoms with E-state index in [0.717, 1.165) is 11.6 Å². The number of hydrogen-bond donors (Lipinski definition) is 0. The van der Waals surface area contributed by atoms with Crippen LogP contribution in [-0.4, -0.2) is 4.98 Å². The van der Waals surface area contributed by atoms with Gasteiger partial charge in [0, 0.05) is 12.4 Å². The summed E-state index contributed by atoms with van der Waals surface area (Å²) in [5, 5.41) is 0. The minimum atomic E-state index is -4.34. The normalized spacial score (nSPS) is 11.5. The number of halogens is 3. The fourth-order valence-electron chi connectivity index (χ4n) is 1.68. The van der Waals surface area contributed by atoms with Crippen LogP contribution in [0, 0.1) is 6.92 Å². The van der Waals surface area contributed by atoms with E-state index >= 15 is 0 Å². The maximum absolute atomic E-state index is 12.9. The number of pyridine rings is 1. The van der Waals surface area contributed by atoms with E-state index in [1.807, 2.05) is 0 Å². The van der Waals surface area contributed by atoms with Crippen LogP contribution in [0.25, 0.3) is 11.1 Å². The highest BCUT2D eigenvalue weighted by atomic mass is 19.4. The van der Waals surface area contributed by atoms with Crippen molar-refractivity contribution in [2.24, 2.45) is 0 Å². The van der Waals surface area contributed by atoms with Crippen molar-refractivity contribution in [3.05, 3.63) is 53.9 Å². The van der Waals surface area contributed by atoms with Crippen molar-refractivity contribution in [1.29, 1.82) is 0 Å². The lowest BCUT2D eigenvalue weighted by atomic mass is 9.98. The Bertz CT molecular complexity index is 518. The highest BCUT2D eigenvalue weighted by Gasteiger charge is 2.33. The topological polar surface area (TPSA) is 12.9 Å². The van der Waals surface area contributed by atoms with Gasteiger partial charge in [-0.3, -0.25) is 4.98 Å². The first-order valence-corrected chi connectivity index (χ1v) is 5.07. The summed E-state index contributed by atoms with van der Waals surface area (Å²) in [6.07, 6.45) is -1.37. The molecular formula is C13H10F3N. The van der Waals surface area contributed by atoms with Gasteiger partial charge < -0.3 is 0 Å². The van der Waals surface area contributed by atoms with E-state index in [0.29, 0.717) is 5.56 Å². The smallest absolute Gasteiger partial charge is 0.265 e. The number of alkyl halides is 3. The molecule has 1 aromatic carbocycles. The molecule has 0 aliphatic heterocycles. The molecule has 0 N–H and O–H groups in total. The molecule has 0 aliphatic carbocycles. The maximum atomic E-state index is 12.9. The molecule has 1 heterocycles. The number of aromatic nitrogens is 1. The van der Waals surface area contributed by atoms with Gasteiger partial charge in [-0.05, 0) is 36.2 Å². The second-order valence-electron chi connectivity index (χ2n) is 3.78. The van der Waals surface area contributed by atoms with Crippen LogP contribution in [0.1, 0.15) is 11.1 Å². The average molecular weight is 237 g/mol. The number of benzene rings is 1. The predicted molar refractivity (Wildman–Crippen MR) is 59.4 cm³/mol. The molecule has 0 saturated heterocycles. The fraction of sp³-hybridized carbons (Fsp3) is 0.154. The number of rotatable bonds is 1. The molecule has 0 amide bonds. The van der Waals surface area contributed by atoms with Crippen LogP contribution in [0.2, 0.25) is 0 Å². The molecule has 4 heteroatoms. The van der Waals surface area contributed by atoms with Gasteiger partial charge in [-0.1, -0.05) is 17.7 Å². The predicted octanol–water partition coefficient (Wildman–Crippen LogP) is 4.08. The zero-order valence-electron chi connectivity index (χ0n) is 9.12. The second-order valence-corrected chi connectivity index (χ2v) is 3.78. The third kappa shape index (κ3) is 2.46. The van der Waals surface area contributed by atoms with Crippen LogP contribution < -0.4 is 0 Å². The zero-order valence-corrected chi connectivity index (χ0v) is 9.12. The van der Waals surface area contributed by atoms with Crippen molar-refractivity contribution in [3.63, 3.8) is 0 Å². The average Bonchev–Trinajstić information content (AvgIpc) is 2.28. The molecule has 1 nitrogen and oxygen atoms in total. The van der Waals surface area contributed by atoms with Crippen molar-refractivity contribution in [2.45, 2.75) is 13.1 Å². The minimum Gasteiger partial charge on any atom is -0.265 e. The molecule has 0 aliphatic rings. The molecule has 1 aromatic heterocycles. The van der Waals surface area contributed by atoms with Gasteiger partial charge in [0.05, 0.1) is 5.56 Å². The lowest BCUT2D eigenvalue weighted by Gasteiger charge is -2.13. The van der Waals surface area contributed by atoms with E-state index in [1.54, 1.807) is 19.1 Å². The third-order valence-electron chi connectivity index (χ3n) is 2.47. The van der Waals surface area contributed by atoms with E-state index < -0.39 is 11.7 Å². The molecule has 17 heavy (non-hydrogen) atoms. The summed E-state index contributed by atoms with van der Waals surface area (Å²) >= 11 is 0. The van der Waals surface area contributed by atoms with E-state index in [4.69, 9.17) is 0 Å². The molecule has 0 radical (unpaired) electrons. The van der Waals surface area contributed by atoms with Crippen molar-refractivity contribution >= 4 is 0 Å². The molecule has 0 fully saturated rings. The van der Waals surface area contributed by atoms with Gasteiger partial charge in [-0.15, -0.1) is 0 Å². The van der Waals surface area contributed by atoms with E-state index in [1.165, 1.54) is 24.5 Å². The molecule has 0 spiro atoms. The van der Waals surface area contributed by atoms with E-state index in [2.05, 4.69) is 4.98 Å². The van der Waals surface area contributed by atoms with Crippen molar-refractivity contribution < 1.29 is 13.2 Å². The maximum Gasteiger partial charge on any atom is 0.417 e. The van der Waals surface area contributed by atoms with Crippen LogP contribution in [-0.2, 0) is 6.18 Å². The van der Waals surface area contributed by atoms with Gasteiger partial charge in [-0.25, -0.2) is 0 Å². The lowest BCUT2D eigenvalue weighted by molar-refractivity contribution is -0.137. The van der Waals surface area contributed by atoms with Crippen molar-refractivity contribution in [3.8, 4) is 11.1 Å². The van der Waals surface area contributed by atoms with Crippen LogP contribution in [0.15, 0.2) is 42.7 Å². The van der Waals surface area contributed by atoms with E-state index in [9.17, 15) is 13.2 Å². The van der Waals surface area contributed by atoms with Gasteiger partial charge in [0.25, 0.3) is 0 Å². The summed E-state index contributed by atoms with van der Waals surface area (Å²) in [7, 11) is 0. The molecule has 0 bridgehead atoms. The Balaban J connectivity index is 2.64. The summed E-state index contributed by atoms with van der Waals surface area (Å²) in [5.74, 6) is 0. The Morgan fingerprint density at radius 1 is 1.00 bits per heavy atom. The van der Waals surface area contributed by atoms with Crippen LogP contribution in [0.5, 0.6) is 0 Å². The van der Waals surface area contributed by atoms with E-state index in [-0.39, 0.29) is 5.56 Å². The Kier molecular flexibility index (Phi) is 2.88. The van der Waals surface area contributed by atoms with Crippen molar-refractivity contribution in [1.82, 2.24) is 4.98 Å². The Morgan fingerprint density at radius 2 is 1.65 bits per heavy atom. The Hall–Kier alpha value is -1.84. The standard InChI is InChI=1S/C13H10F3N/c1-9-2-3-12(13(14,15)16)11(8-9)10-4-6-17-7-5-10/h2-8H,1H3. The number of aryl methyl sites for hydroxylation is 1. The number of hydrogen-bond acceptors (Lipinski definition) is 1. The monoisotopic (exact) mass is 237 g/mol. The van der Waals surface area contributed by atoms with Gasteiger partial charge >= 0.3 is 6.18 Å². The number of nitrogens with zero attached hydrogens (tertiary/aromatic N) is 1. The summed E-state index contributed by atoms with van der Waals surface area (Å²) in [4.78, 5) is 3.80. The molecule has 2 rings (SSSR count). The van der Waals surface area contributed by atoms with Crippen molar-refractivity contribution in [2.75, 3.05) is 0 Å². The van der Waals surface area contributed by atoms with Gasteiger partial charge in [0.2, 0.25) is 0 Å². The molecular weight excluding hydrogens is 227 g/mol. The molecule has 0 unspecified atom stereocenters. The summed E-state index contributed by atoms with van der Waals surface area (Å²) in [6, 6.07) is 7.27. The van der Waals surface area contributed by atoms with Crippen LogP contribution in [0.3, 0.4) is 0 Å². The highest BCUT2D eigenvalue weighted by Crippen LogP contribution is 2.37. The van der Waals surface area contributed by atoms with Crippen LogP contribution >= 0.6 is 0 Å². The molecule has 88 valence electrons. The SMILES string of the molecule is Cc1ccc(C(F)(F)F)c(-c2ccncc2)c1. The first-order valence-electron chi connectivity index (χ1n) is 5.07. The molecule has 0 saturated carbocycles. The Labute approximate surface area is 96.9 Å². The Morgan fingerprint density at radius 3 is 2.24 bits per heavy atom. The lowest BCUT2D eigenvalue weighted by Crippen LogP contribution is -2.07. The van der Waals surface area contributed by atoms with Crippen LogP contribution in [0.4, 0.5) is 13.2 Å². The third-order valence-corrected chi connectivity index (χ3v) is 2.47. The zero-order chi connectivity index (χ0) is 12.5. The highest BCUT2D eigenvalue weighted by molar-refractivity contribution is 5.68. The second kappa shape index (κ2) is 4.20. The summed E-state index contributed by atoms with van der Waals surface area (Å²) in [6.45, 7) is 1.77. The quantitative estimate of drug-likeness (QED) is 0.728. The first-order chi connectivity index (χ1) is 7.98. The van der Waals surface area contributed by atoms with Gasteiger partial charge in [0.1, 0.15) is 0 Å². The molecule has 0 atom stereocenters. The van der Waals surface area contributed by atoms with Gasteiger partial charge in [0.15, 0.2) is 0 Å². The first kappa shape index (κ1) is 11.6. The van der Waals surface area contributed by atoms with Gasteiger partial charge in [-0.2, -0.15) is 13.2 Å². The molecule has 2 aromatic rings. The summed E-state index contributed by atoms with van der Waals surface area (Å²) in [5.41, 5.74) is 0.898. The fourth-order valence-corrected chi connectivity index (χ4v) is 1.68.